The third-order valence-electron chi connectivity index (χ3n) is 6.64. The van der Waals surface area contributed by atoms with Gasteiger partial charge in [0.1, 0.15) is 17.7 Å². The van der Waals surface area contributed by atoms with E-state index in [1.165, 1.54) is 13.4 Å². The van der Waals surface area contributed by atoms with Gasteiger partial charge in [-0.25, -0.2) is 0 Å². The van der Waals surface area contributed by atoms with Crippen LogP contribution >= 0.6 is 0 Å². The maximum absolute atomic E-state index is 13.1. The van der Waals surface area contributed by atoms with Crippen LogP contribution in [0.2, 0.25) is 0 Å². The van der Waals surface area contributed by atoms with Crippen LogP contribution in [0.4, 0.5) is 5.69 Å². The Kier molecular flexibility index (Phi) is 7.61. The molecule has 5 rings (SSSR count). The van der Waals surface area contributed by atoms with Crippen molar-refractivity contribution >= 4 is 22.5 Å². The van der Waals surface area contributed by atoms with Crippen molar-refractivity contribution in [1.29, 1.82) is 0 Å². The van der Waals surface area contributed by atoms with E-state index in [9.17, 15) is 4.79 Å². The number of ether oxygens (including phenoxy) is 4. The lowest BCUT2D eigenvalue weighted by atomic mass is 10.00. The summed E-state index contributed by atoms with van der Waals surface area (Å²) in [5.41, 5.74) is 11.3. The second kappa shape index (κ2) is 11.4. The van der Waals surface area contributed by atoms with Crippen LogP contribution in [0.1, 0.15) is 5.69 Å². The van der Waals surface area contributed by atoms with Gasteiger partial charge in [-0.2, -0.15) is 0 Å². The first-order chi connectivity index (χ1) is 19.4. The minimum Gasteiger partial charge on any atom is -0.495 e. The van der Waals surface area contributed by atoms with Gasteiger partial charge in [0.05, 0.1) is 40.2 Å². The molecule has 0 fully saturated rings. The van der Waals surface area contributed by atoms with Crippen LogP contribution in [-0.4, -0.2) is 50.5 Å². The van der Waals surface area contributed by atoms with Crippen molar-refractivity contribution in [1.82, 2.24) is 10.1 Å². The van der Waals surface area contributed by atoms with Gasteiger partial charge in [0, 0.05) is 28.8 Å². The normalized spacial score (nSPS) is 11.7. The number of carbonyl (C=O) groups excluding carboxylic acids is 1. The number of H-pyrrole nitrogens is 1. The molecule has 5 aromatic rings. The van der Waals surface area contributed by atoms with Crippen molar-refractivity contribution in [3.63, 3.8) is 0 Å². The van der Waals surface area contributed by atoms with Crippen molar-refractivity contribution in [2.75, 3.05) is 33.8 Å². The third-order valence-corrected chi connectivity index (χ3v) is 6.64. The molecule has 0 saturated heterocycles. The van der Waals surface area contributed by atoms with E-state index in [1.54, 1.807) is 45.6 Å². The average Bonchev–Trinajstić information content (AvgIpc) is 3.63. The molecule has 206 valence electrons. The average molecular weight is 543 g/mol. The first kappa shape index (κ1) is 26.6. The molecule has 0 bridgehead atoms. The lowest BCUT2D eigenvalue weighted by molar-refractivity contribution is -0.117. The Morgan fingerprint density at radius 2 is 1.65 bits per heavy atom. The SMILES string of the molecule is COc1ccc(-c2conc2-c2cc(OC)c(OC)c(OC)c2)cc1NC(=O)C(N)Cc1cc2ccccc2[nH]1. The Hall–Kier alpha value is -4.96. The summed E-state index contributed by atoms with van der Waals surface area (Å²) in [4.78, 5) is 16.4. The molecule has 3 aromatic carbocycles. The molecule has 4 N–H and O–H groups in total. The van der Waals surface area contributed by atoms with Crippen LogP contribution < -0.4 is 30.0 Å². The highest BCUT2D eigenvalue weighted by molar-refractivity contribution is 5.97. The second-order valence-corrected chi connectivity index (χ2v) is 9.09. The van der Waals surface area contributed by atoms with Crippen molar-refractivity contribution in [3.05, 3.63) is 72.6 Å². The lowest BCUT2D eigenvalue weighted by Crippen LogP contribution is -2.37. The number of hydrogen-bond acceptors (Lipinski definition) is 8. The van der Waals surface area contributed by atoms with Crippen molar-refractivity contribution in [2.24, 2.45) is 5.73 Å². The summed E-state index contributed by atoms with van der Waals surface area (Å²) in [5.74, 6) is 1.58. The van der Waals surface area contributed by atoms with Gasteiger partial charge in [-0.1, -0.05) is 29.4 Å². The van der Waals surface area contributed by atoms with Crippen LogP contribution in [0.5, 0.6) is 23.0 Å². The highest BCUT2D eigenvalue weighted by Gasteiger charge is 2.21. The van der Waals surface area contributed by atoms with Crippen LogP contribution in [-0.2, 0) is 11.2 Å². The molecule has 2 aromatic heterocycles. The number of fused-ring (bicyclic) bond motifs is 1. The van der Waals surface area contributed by atoms with Crippen molar-refractivity contribution < 1.29 is 28.3 Å². The number of anilines is 1. The molecule has 0 radical (unpaired) electrons. The zero-order valence-corrected chi connectivity index (χ0v) is 22.6. The van der Waals surface area contributed by atoms with E-state index in [0.717, 1.165) is 22.2 Å². The van der Waals surface area contributed by atoms with Gasteiger partial charge in [0.25, 0.3) is 0 Å². The Morgan fingerprint density at radius 1 is 0.925 bits per heavy atom. The standard InChI is InChI=1S/C30H30N4O6/c1-36-25-10-9-17(21-16-40-34-28(21)19-13-26(37-2)29(39-4)27(14-19)38-3)12-24(25)33-30(35)22(31)15-20-11-18-7-5-6-8-23(18)32-20/h5-14,16,22,32H,15,31H2,1-4H3,(H,33,35). The van der Waals surface area contributed by atoms with Gasteiger partial charge in [0.2, 0.25) is 11.7 Å². The molecule has 10 nitrogen and oxygen atoms in total. The first-order valence-electron chi connectivity index (χ1n) is 12.5. The highest BCUT2D eigenvalue weighted by Crippen LogP contribution is 2.43. The first-order valence-corrected chi connectivity index (χ1v) is 12.5. The molecule has 1 amide bonds. The van der Waals surface area contributed by atoms with Gasteiger partial charge in [-0.3, -0.25) is 4.79 Å². The molecule has 0 aliphatic rings. The van der Waals surface area contributed by atoms with E-state index >= 15 is 0 Å². The Bertz CT molecular complexity index is 1600. The number of rotatable bonds is 10. The topological polar surface area (TPSA) is 134 Å². The highest BCUT2D eigenvalue weighted by atomic mass is 16.5. The number of nitrogens with one attached hydrogen (secondary N) is 2. The smallest absolute Gasteiger partial charge is 0.241 e. The van der Waals surface area contributed by atoms with Crippen LogP contribution in [0.25, 0.3) is 33.3 Å². The number of hydrogen-bond donors (Lipinski definition) is 3. The fourth-order valence-corrected chi connectivity index (χ4v) is 4.64. The largest absolute Gasteiger partial charge is 0.495 e. The van der Waals surface area contributed by atoms with Crippen LogP contribution in [0, 0.1) is 0 Å². The molecular weight excluding hydrogens is 512 g/mol. The van der Waals surface area contributed by atoms with Crippen molar-refractivity contribution in [2.45, 2.75) is 12.5 Å². The Labute approximate surface area is 231 Å². The summed E-state index contributed by atoms with van der Waals surface area (Å²) < 4.78 is 27.3. The van der Waals surface area contributed by atoms with E-state index in [2.05, 4.69) is 15.5 Å². The van der Waals surface area contributed by atoms with E-state index in [4.69, 9.17) is 29.2 Å². The summed E-state index contributed by atoms with van der Waals surface area (Å²) in [7, 11) is 6.18. The van der Waals surface area contributed by atoms with Gasteiger partial charge in [-0.15, -0.1) is 0 Å². The maximum Gasteiger partial charge on any atom is 0.241 e. The predicted octanol–water partition coefficient (Wildman–Crippen LogP) is 5.03. The minimum absolute atomic E-state index is 0.343. The summed E-state index contributed by atoms with van der Waals surface area (Å²) >= 11 is 0. The second-order valence-electron chi connectivity index (χ2n) is 9.09. The summed E-state index contributed by atoms with van der Waals surface area (Å²) in [6.45, 7) is 0. The van der Waals surface area contributed by atoms with Gasteiger partial charge in [-0.05, 0) is 47.3 Å². The number of methoxy groups -OCH3 is 4. The van der Waals surface area contributed by atoms with Crippen molar-refractivity contribution in [3.8, 4) is 45.4 Å². The molecule has 2 heterocycles. The molecule has 0 spiro atoms. The molecule has 0 saturated carbocycles. The monoisotopic (exact) mass is 542 g/mol. The number of aromatic amines is 1. The molecule has 0 aliphatic heterocycles. The summed E-state index contributed by atoms with van der Waals surface area (Å²) in [6.07, 6.45) is 1.88. The lowest BCUT2D eigenvalue weighted by Gasteiger charge is -2.16. The zero-order chi connectivity index (χ0) is 28.2. The quantitative estimate of drug-likeness (QED) is 0.224. The third kappa shape index (κ3) is 5.16. The van der Waals surface area contributed by atoms with E-state index in [0.29, 0.717) is 51.9 Å². The Morgan fingerprint density at radius 3 is 2.33 bits per heavy atom. The van der Waals surface area contributed by atoms with Gasteiger partial charge in [0.15, 0.2) is 11.5 Å². The Balaban J connectivity index is 1.42. The fraction of sp³-hybridized carbons (Fsp3) is 0.200. The molecule has 1 unspecified atom stereocenters. The molecular formula is C30H30N4O6. The number of nitrogens with two attached hydrogens (primary N) is 1. The zero-order valence-electron chi connectivity index (χ0n) is 22.6. The number of amides is 1. The minimum atomic E-state index is -0.785. The number of nitrogens with zero attached hydrogens (tertiary/aromatic N) is 1. The fourth-order valence-electron chi connectivity index (χ4n) is 4.64. The predicted molar refractivity (Wildman–Crippen MR) is 152 cm³/mol. The van der Waals surface area contributed by atoms with Gasteiger partial charge < -0.3 is 39.5 Å². The number of aromatic nitrogens is 2. The summed E-state index contributed by atoms with van der Waals surface area (Å²) in [6, 6.07) is 18.1. The number of carbonyl (C=O) groups is 1. The molecule has 1 atom stereocenters. The molecule has 40 heavy (non-hydrogen) atoms. The number of para-hydroxylation sites is 1. The number of benzene rings is 3. The van der Waals surface area contributed by atoms with Gasteiger partial charge >= 0.3 is 0 Å². The molecule has 0 aliphatic carbocycles. The van der Waals surface area contributed by atoms with Crippen LogP contribution in [0.3, 0.4) is 0 Å². The van der Waals surface area contributed by atoms with E-state index in [1.807, 2.05) is 36.4 Å². The van der Waals surface area contributed by atoms with E-state index in [-0.39, 0.29) is 5.91 Å². The maximum atomic E-state index is 13.1. The molecule has 10 heteroatoms. The van der Waals surface area contributed by atoms with Crippen LogP contribution in [0.15, 0.2) is 71.4 Å². The van der Waals surface area contributed by atoms with E-state index < -0.39 is 6.04 Å². The summed E-state index contributed by atoms with van der Waals surface area (Å²) in [5, 5.41) is 8.21.